The van der Waals surface area contributed by atoms with Gasteiger partial charge in [0.2, 0.25) is 12.3 Å². The van der Waals surface area contributed by atoms with Gasteiger partial charge in [-0.05, 0) is 46.0 Å². The van der Waals surface area contributed by atoms with Crippen molar-refractivity contribution >= 4 is 17.1 Å². The predicted octanol–water partition coefficient (Wildman–Crippen LogP) is 2.87. The summed E-state index contributed by atoms with van der Waals surface area (Å²) in [7, 11) is 0. The van der Waals surface area contributed by atoms with Gasteiger partial charge in [0.05, 0.1) is 35.6 Å². The van der Waals surface area contributed by atoms with E-state index in [2.05, 4.69) is 15.1 Å². The number of hydrogen-bond donors (Lipinski definition) is 0. The normalized spacial score (nSPS) is 30.3. The predicted molar refractivity (Wildman–Crippen MR) is 117 cm³/mol. The molecule has 0 N–H and O–H groups in total. The van der Waals surface area contributed by atoms with E-state index in [-0.39, 0.29) is 25.5 Å². The van der Waals surface area contributed by atoms with E-state index in [1.807, 2.05) is 34.3 Å². The van der Waals surface area contributed by atoms with Crippen LogP contribution in [0.1, 0.15) is 61.5 Å². The number of aryl methyl sites for hydroxylation is 2. The van der Waals surface area contributed by atoms with Crippen molar-refractivity contribution in [1.29, 1.82) is 0 Å². The van der Waals surface area contributed by atoms with E-state index < -0.39 is 17.0 Å². The van der Waals surface area contributed by atoms with E-state index in [0.29, 0.717) is 48.5 Å². The second-order valence-electron chi connectivity index (χ2n) is 10.7. The molecule has 12 heteroatoms. The molecule has 4 heterocycles. The monoisotopic (exact) mass is 487 g/mol. The SMILES string of the molecule is Cc1nc2nc(N3CCOC([n+]4cnn(C5CC5)c4)C3)nc(C34CC(C(F)(F)F)(C3)C4)c2nc1C. The summed E-state index contributed by atoms with van der Waals surface area (Å²) in [6.07, 6.45) is 1.77. The van der Waals surface area contributed by atoms with Gasteiger partial charge in [-0.1, -0.05) is 0 Å². The smallest absolute Gasteiger partial charge is 0.342 e. The number of fused-ring (bicyclic) bond motifs is 1. The van der Waals surface area contributed by atoms with Crippen LogP contribution in [0.3, 0.4) is 0 Å². The molecule has 4 saturated carbocycles. The quantitative estimate of drug-likeness (QED) is 0.523. The Morgan fingerprint density at radius 3 is 2.51 bits per heavy atom. The number of alkyl halides is 3. The summed E-state index contributed by atoms with van der Waals surface area (Å²) in [4.78, 5) is 20.9. The van der Waals surface area contributed by atoms with E-state index >= 15 is 0 Å². The van der Waals surface area contributed by atoms with Crippen molar-refractivity contribution < 1.29 is 22.5 Å². The number of ether oxygens (including phenoxy) is 1. The Bertz CT molecular complexity index is 1330. The maximum Gasteiger partial charge on any atom is 0.394 e. The summed E-state index contributed by atoms with van der Waals surface area (Å²) in [5, 5.41) is 4.45. The summed E-state index contributed by atoms with van der Waals surface area (Å²) < 4.78 is 50.6. The third-order valence-corrected chi connectivity index (χ3v) is 8.22. The van der Waals surface area contributed by atoms with E-state index in [1.54, 1.807) is 6.33 Å². The maximum atomic E-state index is 13.6. The molecule has 1 aliphatic heterocycles. The second-order valence-corrected chi connectivity index (χ2v) is 10.7. The van der Waals surface area contributed by atoms with Crippen LogP contribution >= 0.6 is 0 Å². The number of hydrogen-bond acceptors (Lipinski definition) is 7. The van der Waals surface area contributed by atoms with Gasteiger partial charge >= 0.3 is 6.18 Å². The summed E-state index contributed by atoms with van der Waals surface area (Å²) in [5.41, 5.74) is 0.890. The van der Waals surface area contributed by atoms with Gasteiger partial charge in [-0.2, -0.15) is 18.2 Å². The minimum absolute atomic E-state index is 0.0611. The van der Waals surface area contributed by atoms with Gasteiger partial charge in [0, 0.05) is 17.1 Å². The summed E-state index contributed by atoms with van der Waals surface area (Å²) in [6, 6.07) is 0.473. The lowest BCUT2D eigenvalue weighted by molar-refractivity contribution is -0.761. The minimum Gasteiger partial charge on any atom is -0.342 e. The van der Waals surface area contributed by atoms with Crippen LogP contribution < -0.4 is 9.47 Å². The number of halogens is 3. The number of nitrogens with zero attached hydrogens (tertiary/aromatic N) is 8. The van der Waals surface area contributed by atoms with E-state index in [0.717, 1.165) is 24.2 Å². The average molecular weight is 488 g/mol. The fourth-order valence-electron chi connectivity index (χ4n) is 5.94. The number of morpholine rings is 1. The molecule has 5 fully saturated rings. The largest absolute Gasteiger partial charge is 0.394 e. The highest BCUT2D eigenvalue weighted by Crippen LogP contribution is 2.78. The molecule has 0 radical (unpaired) electrons. The molecule has 1 unspecified atom stereocenters. The van der Waals surface area contributed by atoms with Gasteiger partial charge in [-0.3, -0.25) is 0 Å². The van der Waals surface area contributed by atoms with Gasteiger partial charge < -0.3 is 9.64 Å². The molecule has 0 spiro atoms. The molecule has 184 valence electrons. The van der Waals surface area contributed by atoms with Crippen molar-refractivity contribution in [3.63, 3.8) is 0 Å². The first-order valence-corrected chi connectivity index (χ1v) is 12.1. The minimum atomic E-state index is -4.18. The number of aromatic nitrogens is 7. The van der Waals surface area contributed by atoms with E-state index in [4.69, 9.17) is 14.7 Å². The third kappa shape index (κ3) is 3.11. The van der Waals surface area contributed by atoms with E-state index in [1.165, 1.54) is 0 Å². The zero-order chi connectivity index (χ0) is 24.2. The molecule has 3 aromatic rings. The average Bonchev–Trinajstić information content (AvgIpc) is 3.48. The zero-order valence-electron chi connectivity index (χ0n) is 19.6. The third-order valence-electron chi connectivity index (χ3n) is 8.22. The molecule has 0 amide bonds. The van der Waals surface area contributed by atoms with Crippen molar-refractivity contribution in [1.82, 2.24) is 29.7 Å². The molecule has 3 aromatic heterocycles. The second kappa shape index (κ2) is 6.86. The van der Waals surface area contributed by atoms with Crippen LogP contribution in [0.25, 0.3) is 11.2 Å². The Balaban J connectivity index is 1.24. The number of rotatable bonds is 4. The first-order chi connectivity index (χ1) is 16.7. The van der Waals surface area contributed by atoms with Crippen molar-refractivity contribution in [2.45, 2.75) is 69.8 Å². The fourth-order valence-corrected chi connectivity index (χ4v) is 5.94. The standard InChI is InChI=1S/C23H26F3N8O/c1-13-14(2)29-19-17(28-13)18(21-8-22(9-21,10-21)23(24,25)26)30-20(31-19)32-5-6-35-16(7-32)33-11-27-34(12-33)15-3-4-15/h11-12,15-16H,3-10H2,1-2H3/q+1. The maximum absolute atomic E-state index is 13.6. The molecule has 1 atom stereocenters. The Labute approximate surface area is 199 Å². The fraction of sp³-hybridized carbons (Fsp3) is 0.652. The van der Waals surface area contributed by atoms with Gasteiger partial charge in [-0.15, -0.1) is 4.68 Å². The first-order valence-electron chi connectivity index (χ1n) is 12.1. The Morgan fingerprint density at radius 1 is 1.06 bits per heavy atom. The van der Waals surface area contributed by atoms with Crippen molar-refractivity contribution in [3.8, 4) is 0 Å². The molecule has 0 aromatic carbocycles. The molecule has 9 nitrogen and oxygen atoms in total. The molecular weight excluding hydrogens is 461 g/mol. The lowest BCUT2D eigenvalue weighted by Gasteiger charge is -2.70. The van der Waals surface area contributed by atoms with Gasteiger partial charge in [-0.25, -0.2) is 19.5 Å². The van der Waals surface area contributed by atoms with Gasteiger partial charge in [0.1, 0.15) is 11.6 Å². The molecule has 35 heavy (non-hydrogen) atoms. The molecule has 2 bridgehead atoms. The first kappa shape index (κ1) is 21.4. The van der Waals surface area contributed by atoms with E-state index in [9.17, 15) is 13.2 Å². The molecule has 8 rings (SSSR count). The molecule has 1 saturated heterocycles. The Hall–Kier alpha value is -2.89. The summed E-state index contributed by atoms with van der Waals surface area (Å²) >= 11 is 0. The summed E-state index contributed by atoms with van der Waals surface area (Å²) in [6.45, 7) is 5.27. The number of anilines is 1. The molecular formula is C23H26F3N8O+. The summed E-state index contributed by atoms with van der Waals surface area (Å²) in [5.74, 6) is 0.472. The van der Waals surface area contributed by atoms with Crippen molar-refractivity contribution in [2.75, 3.05) is 24.6 Å². The van der Waals surface area contributed by atoms with Gasteiger partial charge in [0.25, 0.3) is 6.33 Å². The topological polar surface area (TPSA) is 85.7 Å². The van der Waals surface area contributed by atoms with Crippen LogP contribution in [0.5, 0.6) is 0 Å². The zero-order valence-corrected chi connectivity index (χ0v) is 19.6. The van der Waals surface area contributed by atoms with Crippen LogP contribution in [0.4, 0.5) is 19.1 Å². The Kier molecular flexibility index (Phi) is 4.20. The van der Waals surface area contributed by atoms with Crippen molar-refractivity contribution in [2.24, 2.45) is 5.41 Å². The Morgan fingerprint density at radius 2 is 1.80 bits per heavy atom. The lowest BCUT2D eigenvalue weighted by Crippen LogP contribution is -2.70. The van der Waals surface area contributed by atoms with Crippen LogP contribution in [0.15, 0.2) is 12.7 Å². The van der Waals surface area contributed by atoms with Crippen molar-refractivity contribution in [3.05, 3.63) is 29.7 Å². The highest BCUT2D eigenvalue weighted by Gasteiger charge is 2.79. The molecule has 5 aliphatic rings. The van der Waals surface area contributed by atoms with Gasteiger partial charge in [0.15, 0.2) is 11.9 Å². The highest BCUT2D eigenvalue weighted by atomic mass is 19.4. The highest BCUT2D eigenvalue weighted by molar-refractivity contribution is 5.77. The molecule has 4 aliphatic carbocycles. The van der Waals surface area contributed by atoms with Crippen LogP contribution in [-0.2, 0) is 10.2 Å². The van der Waals surface area contributed by atoms with Crippen LogP contribution in [0, 0.1) is 19.3 Å². The van der Waals surface area contributed by atoms with Crippen LogP contribution in [0.2, 0.25) is 0 Å². The lowest BCUT2D eigenvalue weighted by atomic mass is 9.34. The van der Waals surface area contributed by atoms with Crippen LogP contribution in [-0.4, -0.2) is 55.6 Å².